The van der Waals surface area contributed by atoms with Gasteiger partial charge in [0.15, 0.2) is 5.96 Å². The van der Waals surface area contributed by atoms with Gasteiger partial charge in [-0.15, -0.1) is 0 Å². The van der Waals surface area contributed by atoms with Crippen molar-refractivity contribution in [1.82, 2.24) is 5.16 Å². The first kappa shape index (κ1) is 15.1. The second kappa shape index (κ2) is 6.92. The normalized spacial score (nSPS) is 11.7. The summed E-state index contributed by atoms with van der Waals surface area (Å²) in [7, 11) is 0. The maximum absolute atomic E-state index is 5.93. The Balaban J connectivity index is 2.06. The number of nitrogens with one attached hydrogen (secondary N) is 1. The molecular formula is C16H22N4O. The molecule has 1 aromatic heterocycles. The van der Waals surface area contributed by atoms with Crippen LogP contribution in [-0.4, -0.2) is 11.1 Å². The molecule has 0 amide bonds. The van der Waals surface area contributed by atoms with Crippen molar-refractivity contribution < 1.29 is 4.52 Å². The summed E-state index contributed by atoms with van der Waals surface area (Å²) in [6.45, 7) is 6.63. The number of aliphatic imine (C=N–C) groups is 1. The van der Waals surface area contributed by atoms with Crippen LogP contribution in [0.3, 0.4) is 0 Å². The fourth-order valence-electron chi connectivity index (χ4n) is 2.11. The van der Waals surface area contributed by atoms with E-state index in [2.05, 4.69) is 22.4 Å². The third kappa shape index (κ3) is 3.84. The Bertz CT molecular complexity index is 592. The molecule has 2 rings (SSSR count). The van der Waals surface area contributed by atoms with Gasteiger partial charge in [-0.25, -0.2) is 4.99 Å². The Hall–Kier alpha value is -2.30. The largest absolute Gasteiger partial charge is 0.370 e. The van der Waals surface area contributed by atoms with Crippen LogP contribution in [0.1, 0.15) is 36.4 Å². The standard InChI is InChI=1S/C16H22N4O/c1-4-14-13(15(5-2)21-20-14)10-18-16(17)19-12-8-6-11(3)7-9-12/h6-9H,4-5,10H2,1-3H3,(H3,17,18,19). The van der Waals surface area contributed by atoms with E-state index in [1.165, 1.54) is 5.56 Å². The summed E-state index contributed by atoms with van der Waals surface area (Å²) in [4.78, 5) is 4.38. The SMILES string of the molecule is CCc1noc(CC)c1CN=C(N)Nc1ccc(C)cc1. The van der Waals surface area contributed by atoms with E-state index in [9.17, 15) is 0 Å². The molecule has 112 valence electrons. The third-order valence-corrected chi connectivity index (χ3v) is 3.34. The van der Waals surface area contributed by atoms with Crippen LogP contribution in [0, 0.1) is 6.92 Å². The van der Waals surface area contributed by atoms with Crippen LogP contribution in [-0.2, 0) is 19.4 Å². The minimum absolute atomic E-state index is 0.393. The van der Waals surface area contributed by atoms with Gasteiger partial charge in [-0.3, -0.25) is 0 Å². The lowest BCUT2D eigenvalue weighted by atomic mass is 10.1. The van der Waals surface area contributed by atoms with Crippen LogP contribution < -0.4 is 11.1 Å². The molecule has 5 heteroatoms. The average molecular weight is 286 g/mol. The smallest absolute Gasteiger partial charge is 0.193 e. The van der Waals surface area contributed by atoms with Crippen LogP contribution in [0.4, 0.5) is 5.69 Å². The maximum Gasteiger partial charge on any atom is 0.193 e. The molecular weight excluding hydrogens is 264 g/mol. The molecule has 3 N–H and O–H groups in total. The van der Waals surface area contributed by atoms with Crippen molar-refractivity contribution in [3.63, 3.8) is 0 Å². The van der Waals surface area contributed by atoms with E-state index >= 15 is 0 Å². The summed E-state index contributed by atoms with van der Waals surface area (Å²) in [6, 6.07) is 8.01. The molecule has 0 atom stereocenters. The van der Waals surface area contributed by atoms with Crippen molar-refractivity contribution in [2.45, 2.75) is 40.2 Å². The van der Waals surface area contributed by atoms with Crippen LogP contribution in [0.25, 0.3) is 0 Å². The highest BCUT2D eigenvalue weighted by molar-refractivity contribution is 5.92. The summed E-state index contributed by atoms with van der Waals surface area (Å²) in [5, 5.41) is 7.15. The zero-order chi connectivity index (χ0) is 15.2. The summed E-state index contributed by atoms with van der Waals surface area (Å²) >= 11 is 0. The molecule has 0 aliphatic heterocycles. The molecule has 1 aromatic carbocycles. The van der Waals surface area contributed by atoms with Gasteiger partial charge in [0, 0.05) is 17.7 Å². The maximum atomic E-state index is 5.93. The molecule has 0 aliphatic rings. The summed E-state index contributed by atoms with van der Waals surface area (Å²) in [6.07, 6.45) is 1.64. The molecule has 5 nitrogen and oxygen atoms in total. The van der Waals surface area contributed by atoms with Crippen molar-refractivity contribution in [1.29, 1.82) is 0 Å². The van der Waals surface area contributed by atoms with Gasteiger partial charge in [-0.05, 0) is 25.5 Å². The number of hydrogen-bond acceptors (Lipinski definition) is 3. The number of guanidine groups is 1. The van der Waals surface area contributed by atoms with Crippen molar-refractivity contribution >= 4 is 11.6 Å². The van der Waals surface area contributed by atoms with E-state index < -0.39 is 0 Å². The number of aryl methyl sites for hydroxylation is 3. The number of hydrogen-bond donors (Lipinski definition) is 2. The predicted octanol–water partition coefficient (Wildman–Crippen LogP) is 3.03. The Kier molecular flexibility index (Phi) is 4.98. The third-order valence-electron chi connectivity index (χ3n) is 3.34. The highest BCUT2D eigenvalue weighted by Gasteiger charge is 2.12. The minimum atomic E-state index is 0.393. The Labute approximate surface area is 125 Å². The summed E-state index contributed by atoms with van der Waals surface area (Å²) in [5.74, 6) is 1.28. The topological polar surface area (TPSA) is 76.4 Å². The first-order valence-corrected chi connectivity index (χ1v) is 7.24. The molecule has 0 aliphatic carbocycles. The first-order chi connectivity index (χ1) is 10.1. The second-order valence-electron chi connectivity index (χ2n) is 4.93. The summed E-state index contributed by atoms with van der Waals surface area (Å²) in [5.41, 5.74) is 10.1. The van der Waals surface area contributed by atoms with Crippen LogP contribution >= 0.6 is 0 Å². The Morgan fingerprint density at radius 2 is 1.95 bits per heavy atom. The van der Waals surface area contributed by atoms with E-state index in [-0.39, 0.29) is 0 Å². The number of anilines is 1. The average Bonchev–Trinajstić information content (AvgIpc) is 2.89. The van der Waals surface area contributed by atoms with Crippen LogP contribution in [0.5, 0.6) is 0 Å². The van der Waals surface area contributed by atoms with Crippen LogP contribution in [0.15, 0.2) is 33.8 Å². The van der Waals surface area contributed by atoms with Gasteiger partial charge in [0.05, 0.1) is 12.2 Å². The fourth-order valence-corrected chi connectivity index (χ4v) is 2.11. The number of nitrogens with two attached hydrogens (primary N) is 1. The molecule has 0 bridgehead atoms. The van der Waals surface area contributed by atoms with Gasteiger partial charge in [0.2, 0.25) is 0 Å². The minimum Gasteiger partial charge on any atom is -0.370 e. The van der Waals surface area contributed by atoms with E-state index in [0.717, 1.165) is 35.5 Å². The molecule has 1 heterocycles. The van der Waals surface area contributed by atoms with Gasteiger partial charge in [-0.1, -0.05) is 36.7 Å². The highest BCUT2D eigenvalue weighted by atomic mass is 16.5. The predicted molar refractivity (Wildman–Crippen MR) is 85.4 cm³/mol. The Morgan fingerprint density at radius 1 is 1.24 bits per heavy atom. The van der Waals surface area contributed by atoms with E-state index in [4.69, 9.17) is 10.3 Å². The molecule has 0 saturated carbocycles. The summed E-state index contributed by atoms with van der Waals surface area (Å²) < 4.78 is 5.32. The first-order valence-electron chi connectivity index (χ1n) is 7.24. The monoisotopic (exact) mass is 286 g/mol. The number of aromatic nitrogens is 1. The quantitative estimate of drug-likeness (QED) is 0.654. The lowest BCUT2D eigenvalue weighted by Gasteiger charge is -2.06. The lowest BCUT2D eigenvalue weighted by Crippen LogP contribution is -2.22. The van der Waals surface area contributed by atoms with Gasteiger partial charge in [0.25, 0.3) is 0 Å². The Morgan fingerprint density at radius 3 is 2.57 bits per heavy atom. The molecule has 0 saturated heterocycles. The van der Waals surface area contributed by atoms with Crippen molar-refractivity contribution in [3.05, 3.63) is 46.8 Å². The van der Waals surface area contributed by atoms with Gasteiger partial charge in [-0.2, -0.15) is 0 Å². The second-order valence-corrected chi connectivity index (χ2v) is 4.93. The molecule has 2 aromatic rings. The zero-order valence-corrected chi connectivity index (χ0v) is 12.8. The zero-order valence-electron chi connectivity index (χ0n) is 12.8. The van der Waals surface area contributed by atoms with Crippen molar-refractivity contribution in [3.8, 4) is 0 Å². The van der Waals surface area contributed by atoms with Crippen molar-refractivity contribution in [2.24, 2.45) is 10.7 Å². The van der Waals surface area contributed by atoms with Gasteiger partial charge >= 0.3 is 0 Å². The fraction of sp³-hybridized carbons (Fsp3) is 0.375. The van der Waals surface area contributed by atoms with Gasteiger partial charge in [0.1, 0.15) is 5.76 Å². The molecule has 0 unspecified atom stereocenters. The number of rotatable bonds is 5. The van der Waals surface area contributed by atoms with Crippen LogP contribution in [0.2, 0.25) is 0 Å². The molecule has 0 radical (unpaired) electrons. The van der Waals surface area contributed by atoms with E-state index in [1.807, 2.05) is 38.1 Å². The van der Waals surface area contributed by atoms with E-state index in [1.54, 1.807) is 0 Å². The lowest BCUT2D eigenvalue weighted by molar-refractivity contribution is 0.380. The molecule has 0 spiro atoms. The highest BCUT2D eigenvalue weighted by Crippen LogP contribution is 2.17. The van der Waals surface area contributed by atoms with Gasteiger partial charge < -0.3 is 15.6 Å². The molecule has 21 heavy (non-hydrogen) atoms. The molecule has 0 fully saturated rings. The van der Waals surface area contributed by atoms with E-state index in [0.29, 0.717) is 12.5 Å². The van der Waals surface area contributed by atoms with Crippen molar-refractivity contribution in [2.75, 3.05) is 5.32 Å². The number of benzene rings is 1. The number of nitrogens with zero attached hydrogens (tertiary/aromatic N) is 2.